The molecule has 4 heteroatoms. The van der Waals surface area contributed by atoms with E-state index in [1.807, 2.05) is 23.6 Å². The number of carbonyl (C=O) groups excluding carboxylic acids is 2. The maximum absolute atomic E-state index is 11.2. The first-order valence-electron chi connectivity index (χ1n) is 4.66. The van der Waals surface area contributed by atoms with Gasteiger partial charge in [-0.15, -0.1) is 11.3 Å². The van der Waals surface area contributed by atoms with Gasteiger partial charge >= 0.3 is 5.97 Å². The zero-order valence-corrected chi connectivity index (χ0v) is 9.91. The van der Waals surface area contributed by atoms with Crippen LogP contribution in [0.3, 0.4) is 0 Å². The summed E-state index contributed by atoms with van der Waals surface area (Å²) in [5.41, 5.74) is 0.0512. The highest BCUT2D eigenvalue weighted by molar-refractivity contribution is 7.10. The van der Waals surface area contributed by atoms with Crippen LogP contribution in [-0.4, -0.2) is 18.9 Å². The topological polar surface area (TPSA) is 43.4 Å². The molecule has 0 aliphatic heterocycles. The molecule has 0 aliphatic carbocycles. The van der Waals surface area contributed by atoms with E-state index in [2.05, 4.69) is 4.74 Å². The number of hydrogen-bond donors (Lipinski definition) is 0. The van der Waals surface area contributed by atoms with Crippen molar-refractivity contribution in [3.05, 3.63) is 40.1 Å². The predicted octanol–water partition coefficient (Wildman–Crippen LogP) is 2.45. The number of ether oxygens (including phenoxy) is 1. The van der Waals surface area contributed by atoms with Crippen molar-refractivity contribution in [2.75, 3.05) is 7.11 Å². The highest BCUT2D eigenvalue weighted by Crippen LogP contribution is 2.10. The molecular formula is C12H12O3S. The van der Waals surface area contributed by atoms with Gasteiger partial charge in [0.2, 0.25) is 0 Å². The van der Waals surface area contributed by atoms with Crippen LogP contribution in [0.1, 0.15) is 11.8 Å². The van der Waals surface area contributed by atoms with Gasteiger partial charge in [0.1, 0.15) is 5.57 Å². The van der Waals surface area contributed by atoms with E-state index in [9.17, 15) is 9.59 Å². The van der Waals surface area contributed by atoms with E-state index in [4.69, 9.17) is 0 Å². The minimum atomic E-state index is -0.608. The lowest BCUT2D eigenvalue weighted by Crippen LogP contribution is -2.11. The van der Waals surface area contributed by atoms with Crippen LogP contribution >= 0.6 is 11.3 Å². The fourth-order valence-corrected chi connectivity index (χ4v) is 1.69. The minimum absolute atomic E-state index is 0.0512. The molecular weight excluding hydrogens is 224 g/mol. The molecule has 0 unspecified atom stereocenters. The number of esters is 1. The van der Waals surface area contributed by atoms with E-state index < -0.39 is 5.97 Å². The van der Waals surface area contributed by atoms with E-state index in [0.717, 1.165) is 4.88 Å². The second-order valence-corrected chi connectivity index (χ2v) is 3.98. The fourth-order valence-electron chi connectivity index (χ4n) is 1.06. The highest BCUT2D eigenvalue weighted by atomic mass is 32.1. The first kappa shape index (κ1) is 12.4. The van der Waals surface area contributed by atoms with Gasteiger partial charge in [0.15, 0.2) is 5.78 Å². The maximum Gasteiger partial charge on any atom is 0.341 e. The second-order valence-electron chi connectivity index (χ2n) is 3.00. The van der Waals surface area contributed by atoms with Gasteiger partial charge in [-0.2, -0.15) is 0 Å². The van der Waals surface area contributed by atoms with Gasteiger partial charge in [-0.05, 0) is 30.5 Å². The molecule has 0 atom stereocenters. The van der Waals surface area contributed by atoms with Crippen LogP contribution in [0.5, 0.6) is 0 Å². The number of Topliss-reactive ketones (excluding diaryl/α,β-unsaturated/α-hetero) is 1. The molecule has 1 aromatic heterocycles. The first-order valence-corrected chi connectivity index (χ1v) is 5.54. The summed E-state index contributed by atoms with van der Waals surface area (Å²) in [6.45, 7) is 1.34. The summed E-state index contributed by atoms with van der Waals surface area (Å²) in [7, 11) is 1.25. The predicted molar refractivity (Wildman–Crippen MR) is 64.1 cm³/mol. The lowest BCUT2D eigenvalue weighted by molar-refractivity contribution is -0.137. The van der Waals surface area contributed by atoms with Gasteiger partial charge in [-0.3, -0.25) is 4.79 Å². The van der Waals surface area contributed by atoms with Crippen LogP contribution < -0.4 is 0 Å². The van der Waals surface area contributed by atoms with Crippen molar-refractivity contribution >= 4 is 29.2 Å². The van der Waals surface area contributed by atoms with Crippen LogP contribution in [0.2, 0.25) is 0 Å². The molecule has 1 rings (SSSR count). The fraction of sp³-hybridized carbons (Fsp3) is 0.167. The molecule has 0 spiro atoms. The van der Waals surface area contributed by atoms with Gasteiger partial charge in [-0.1, -0.05) is 12.1 Å². The number of allylic oxidation sites excluding steroid dienone is 2. The van der Waals surface area contributed by atoms with Crippen LogP contribution in [0, 0.1) is 0 Å². The summed E-state index contributed by atoms with van der Waals surface area (Å²) in [5, 5.41) is 1.95. The average molecular weight is 236 g/mol. The first-order chi connectivity index (χ1) is 7.65. The molecule has 84 valence electrons. The Kier molecular flexibility index (Phi) is 4.66. The summed E-state index contributed by atoms with van der Waals surface area (Å²) < 4.78 is 4.50. The van der Waals surface area contributed by atoms with Crippen LogP contribution in [0.25, 0.3) is 6.08 Å². The van der Waals surface area contributed by atoms with E-state index >= 15 is 0 Å². The van der Waals surface area contributed by atoms with E-state index in [-0.39, 0.29) is 11.4 Å². The van der Waals surface area contributed by atoms with Crippen LogP contribution in [-0.2, 0) is 14.3 Å². The Morgan fingerprint density at radius 1 is 1.44 bits per heavy atom. The third-order valence-corrected chi connectivity index (χ3v) is 2.69. The number of carbonyl (C=O) groups is 2. The smallest absolute Gasteiger partial charge is 0.341 e. The van der Waals surface area contributed by atoms with Crippen molar-refractivity contribution in [2.24, 2.45) is 0 Å². The van der Waals surface area contributed by atoms with Crippen LogP contribution in [0.15, 0.2) is 35.2 Å². The Hall–Kier alpha value is -1.68. The molecule has 1 heterocycles. The van der Waals surface area contributed by atoms with Crippen molar-refractivity contribution < 1.29 is 14.3 Å². The monoisotopic (exact) mass is 236 g/mol. The molecule has 3 nitrogen and oxygen atoms in total. The molecule has 0 aliphatic rings. The Labute approximate surface area is 98.0 Å². The zero-order chi connectivity index (χ0) is 12.0. The number of hydrogen-bond acceptors (Lipinski definition) is 4. The summed E-state index contributed by atoms with van der Waals surface area (Å²) in [6.07, 6.45) is 4.96. The molecule has 1 aromatic rings. The van der Waals surface area contributed by atoms with E-state index in [1.165, 1.54) is 20.1 Å². The number of rotatable bonds is 4. The van der Waals surface area contributed by atoms with Gasteiger partial charge in [0, 0.05) is 4.88 Å². The summed E-state index contributed by atoms with van der Waals surface area (Å²) in [6, 6.07) is 3.88. The second kappa shape index (κ2) is 6.02. The molecule has 16 heavy (non-hydrogen) atoms. The third-order valence-electron chi connectivity index (χ3n) is 1.85. The molecule has 0 aromatic carbocycles. The van der Waals surface area contributed by atoms with Crippen molar-refractivity contribution in [2.45, 2.75) is 6.92 Å². The largest absolute Gasteiger partial charge is 0.465 e. The molecule has 0 fully saturated rings. The third kappa shape index (κ3) is 3.47. The van der Waals surface area contributed by atoms with Gasteiger partial charge in [0.25, 0.3) is 0 Å². The average Bonchev–Trinajstić information content (AvgIpc) is 2.75. The number of ketones is 1. The molecule has 0 bridgehead atoms. The quantitative estimate of drug-likeness (QED) is 0.265. The van der Waals surface area contributed by atoms with E-state index in [1.54, 1.807) is 17.4 Å². The lowest BCUT2D eigenvalue weighted by Gasteiger charge is -1.98. The van der Waals surface area contributed by atoms with Crippen molar-refractivity contribution in [3.8, 4) is 0 Å². The molecule has 0 saturated heterocycles. The standard InChI is InChI=1S/C12H12O3S/c1-9(13)11(12(14)15-2)7-3-5-10-6-4-8-16-10/h3-8H,1-2H3/b5-3+,11-7+. The Bertz CT molecular complexity index is 427. The van der Waals surface area contributed by atoms with Crippen molar-refractivity contribution in [1.82, 2.24) is 0 Å². The van der Waals surface area contributed by atoms with Gasteiger partial charge < -0.3 is 4.74 Å². The molecule has 0 N–H and O–H groups in total. The summed E-state index contributed by atoms with van der Waals surface area (Å²) in [5.74, 6) is -0.911. The lowest BCUT2D eigenvalue weighted by atomic mass is 10.1. The maximum atomic E-state index is 11.2. The van der Waals surface area contributed by atoms with Crippen molar-refractivity contribution in [1.29, 1.82) is 0 Å². The highest BCUT2D eigenvalue weighted by Gasteiger charge is 2.12. The number of methoxy groups -OCH3 is 1. The van der Waals surface area contributed by atoms with E-state index in [0.29, 0.717) is 0 Å². The molecule has 0 amide bonds. The Morgan fingerprint density at radius 3 is 2.69 bits per heavy atom. The number of thiophene rings is 1. The summed E-state index contributed by atoms with van der Waals surface area (Å²) >= 11 is 1.58. The molecule has 0 saturated carbocycles. The molecule has 0 radical (unpaired) electrons. The Balaban J connectivity index is 2.80. The summed E-state index contributed by atoms with van der Waals surface area (Å²) in [4.78, 5) is 23.4. The SMILES string of the molecule is COC(=O)/C(=C/C=C/c1cccs1)C(C)=O. The van der Waals surface area contributed by atoms with Crippen molar-refractivity contribution in [3.63, 3.8) is 0 Å². The van der Waals surface area contributed by atoms with Gasteiger partial charge in [-0.25, -0.2) is 4.79 Å². The van der Waals surface area contributed by atoms with Crippen LogP contribution in [0.4, 0.5) is 0 Å². The Morgan fingerprint density at radius 2 is 2.19 bits per heavy atom. The zero-order valence-electron chi connectivity index (χ0n) is 9.10. The van der Waals surface area contributed by atoms with Gasteiger partial charge in [0.05, 0.1) is 7.11 Å². The minimum Gasteiger partial charge on any atom is -0.465 e. The normalized spacial score (nSPS) is 11.8.